The third-order valence-electron chi connectivity index (χ3n) is 3.57. The second-order valence-corrected chi connectivity index (χ2v) is 7.96. The summed E-state index contributed by atoms with van der Waals surface area (Å²) < 4.78 is 7.02. The largest absolute Gasteiger partial charge is 0.494 e. The van der Waals surface area contributed by atoms with Gasteiger partial charge in [0.15, 0.2) is 4.34 Å². The molecular weight excluding hydrogens is 374 g/mol. The fourth-order valence-electron chi connectivity index (χ4n) is 2.24. The summed E-state index contributed by atoms with van der Waals surface area (Å²) in [4.78, 5) is 27.3. The van der Waals surface area contributed by atoms with Gasteiger partial charge in [0.1, 0.15) is 5.75 Å². The molecule has 9 heteroatoms. The SMILES string of the molecule is COc1cc([N+](=O)[O-])ccc1NC(=O)[C@H](C)Sc1nc2ccccc2s1. The predicted molar refractivity (Wildman–Crippen MR) is 103 cm³/mol. The molecule has 0 saturated carbocycles. The molecule has 26 heavy (non-hydrogen) atoms. The molecule has 1 N–H and O–H groups in total. The molecule has 1 aromatic heterocycles. The van der Waals surface area contributed by atoms with E-state index in [1.165, 1.54) is 48.4 Å². The van der Waals surface area contributed by atoms with Gasteiger partial charge in [-0.25, -0.2) is 4.98 Å². The van der Waals surface area contributed by atoms with Crippen molar-refractivity contribution in [1.82, 2.24) is 4.98 Å². The van der Waals surface area contributed by atoms with Crippen LogP contribution in [0.3, 0.4) is 0 Å². The number of rotatable bonds is 6. The van der Waals surface area contributed by atoms with Crippen LogP contribution in [0.25, 0.3) is 10.2 Å². The average Bonchev–Trinajstić information content (AvgIpc) is 3.03. The van der Waals surface area contributed by atoms with Crippen LogP contribution in [0.1, 0.15) is 6.92 Å². The Bertz CT molecular complexity index is 941. The van der Waals surface area contributed by atoms with E-state index in [1.54, 1.807) is 6.92 Å². The highest BCUT2D eigenvalue weighted by Gasteiger charge is 2.19. The summed E-state index contributed by atoms with van der Waals surface area (Å²) in [7, 11) is 1.40. The van der Waals surface area contributed by atoms with Gasteiger partial charge in [0.05, 0.1) is 39.3 Å². The van der Waals surface area contributed by atoms with Crippen LogP contribution in [0.15, 0.2) is 46.8 Å². The molecule has 3 rings (SSSR count). The molecule has 0 aliphatic heterocycles. The fraction of sp³-hybridized carbons (Fsp3) is 0.176. The monoisotopic (exact) mass is 389 g/mol. The quantitative estimate of drug-likeness (QED) is 0.383. The fourth-order valence-corrected chi connectivity index (χ4v) is 4.45. The van der Waals surface area contributed by atoms with Gasteiger partial charge in [0.25, 0.3) is 5.69 Å². The second-order valence-electron chi connectivity index (χ2n) is 5.34. The van der Waals surface area contributed by atoms with Crippen molar-refractivity contribution < 1.29 is 14.5 Å². The third-order valence-corrected chi connectivity index (χ3v) is 5.81. The topological polar surface area (TPSA) is 94.4 Å². The minimum absolute atomic E-state index is 0.100. The number of nitro benzene ring substituents is 1. The summed E-state index contributed by atoms with van der Waals surface area (Å²) in [6.45, 7) is 1.78. The number of nitrogens with one attached hydrogen (secondary N) is 1. The van der Waals surface area contributed by atoms with E-state index in [9.17, 15) is 14.9 Å². The number of nitrogens with zero attached hydrogens (tertiary/aromatic N) is 2. The van der Waals surface area contributed by atoms with Gasteiger partial charge in [-0.2, -0.15) is 0 Å². The maximum Gasteiger partial charge on any atom is 0.273 e. The first-order chi connectivity index (χ1) is 12.5. The Morgan fingerprint density at radius 2 is 2.12 bits per heavy atom. The number of nitro groups is 1. The highest BCUT2D eigenvalue weighted by atomic mass is 32.2. The van der Waals surface area contributed by atoms with E-state index >= 15 is 0 Å². The zero-order valence-corrected chi connectivity index (χ0v) is 15.6. The molecule has 0 spiro atoms. The Morgan fingerprint density at radius 3 is 2.81 bits per heavy atom. The van der Waals surface area contributed by atoms with Crippen molar-refractivity contribution in [3.63, 3.8) is 0 Å². The van der Waals surface area contributed by atoms with Gasteiger partial charge < -0.3 is 10.1 Å². The standard InChI is InChI=1S/C17H15N3O4S2/c1-10(25-17-19-13-5-3-4-6-15(13)26-17)16(21)18-12-8-7-11(20(22)23)9-14(12)24-2/h3-10H,1-2H3,(H,18,21)/t10-/m0/s1. The number of ether oxygens (including phenoxy) is 1. The summed E-state index contributed by atoms with van der Waals surface area (Å²) in [5.74, 6) is 0.00569. The van der Waals surface area contributed by atoms with Crippen molar-refractivity contribution >= 4 is 50.6 Å². The van der Waals surface area contributed by atoms with Gasteiger partial charge >= 0.3 is 0 Å². The highest BCUT2D eigenvalue weighted by Crippen LogP contribution is 2.33. The molecule has 7 nitrogen and oxygen atoms in total. The summed E-state index contributed by atoms with van der Waals surface area (Å²) in [6.07, 6.45) is 0. The maximum absolute atomic E-state index is 12.5. The molecule has 0 aliphatic carbocycles. The van der Waals surface area contributed by atoms with Gasteiger partial charge in [-0.05, 0) is 25.1 Å². The lowest BCUT2D eigenvalue weighted by atomic mass is 10.2. The first kappa shape index (κ1) is 18.2. The molecule has 0 radical (unpaired) electrons. The molecular formula is C17H15N3O4S2. The first-order valence-corrected chi connectivity index (χ1v) is 9.33. The van der Waals surface area contributed by atoms with E-state index in [0.29, 0.717) is 5.69 Å². The lowest BCUT2D eigenvalue weighted by Gasteiger charge is -2.13. The number of thiazole rings is 1. The summed E-state index contributed by atoms with van der Waals surface area (Å²) in [5, 5.41) is 13.2. The van der Waals surface area contributed by atoms with Crippen molar-refractivity contribution in [3.8, 4) is 5.75 Å². The van der Waals surface area contributed by atoms with E-state index in [2.05, 4.69) is 10.3 Å². The Kier molecular flexibility index (Phi) is 5.38. The number of thioether (sulfide) groups is 1. The van der Waals surface area contributed by atoms with Crippen LogP contribution < -0.4 is 10.1 Å². The number of para-hydroxylation sites is 1. The van der Waals surface area contributed by atoms with Crippen LogP contribution in [0.4, 0.5) is 11.4 Å². The van der Waals surface area contributed by atoms with Crippen molar-refractivity contribution in [2.45, 2.75) is 16.5 Å². The molecule has 2 aromatic carbocycles. The van der Waals surface area contributed by atoms with Gasteiger partial charge in [-0.1, -0.05) is 23.9 Å². The van der Waals surface area contributed by atoms with E-state index in [1.807, 2.05) is 24.3 Å². The third kappa shape index (κ3) is 3.94. The normalized spacial score (nSPS) is 11.9. The molecule has 1 heterocycles. The minimum atomic E-state index is -0.514. The second kappa shape index (κ2) is 7.71. The molecule has 0 saturated heterocycles. The number of anilines is 1. The zero-order chi connectivity index (χ0) is 18.7. The van der Waals surface area contributed by atoms with Crippen molar-refractivity contribution in [2.75, 3.05) is 12.4 Å². The van der Waals surface area contributed by atoms with Crippen LogP contribution in [0.5, 0.6) is 5.75 Å². The molecule has 1 atom stereocenters. The number of non-ortho nitro benzene ring substituents is 1. The van der Waals surface area contributed by atoms with Gasteiger partial charge in [0.2, 0.25) is 5.91 Å². The Morgan fingerprint density at radius 1 is 1.35 bits per heavy atom. The molecule has 3 aromatic rings. The van der Waals surface area contributed by atoms with E-state index in [-0.39, 0.29) is 17.3 Å². The van der Waals surface area contributed by atoms with E-state index in [0.717, 1.165) is 14.6 Å². The average molecular weight is 389 g/mol. The van der Waals surface area contributed by atoms with Gasteiger partial charge in [-0.3, -0.25) is 14.9 Å². The number of amides is 1. The molecule has 0 fully saturated rings. The van der Waals surface area contributed by atoms with Crippen LogP contribution in [0, 0.1) is 10.1 Å². The zero-order valence-electron chi connectivity index (χ0n) is 14.0. The van der Waals surface area contributed by atoms with Crippen LogP contribution >= 0.6 is 23.1 Å². The lowest BCUT2D eigenvalue weighted by molar-refractivity contribution is -0.384. The van der Waals surface area contributed by atoms with Gasteiger partial charge in [-0.15, -0.1) is 11.3 Å². The molecule has 134 valence electrons. The Balaban J connectivity index is 1.71. The smallest absolute Gasteiger partial charge is 0.273 e. The number of benzene rings is 2. The summed E-state index contributed by atoms with van der Waals surface area (Å²) in [5.41, 5.74) is 1.20. The van der Waals surface area contributed by atoms with Crippen LogP contribution in [0.2, 0.25) is 0 Å². The number of hydrogen-bond donors (Lipinski definition) is 1. The van der Waals surface area contributed by atoms with Crippen LogP contribution in [-0.4, -0.2) is 28.2 Å². The molecule has 0 aliphatic rings. The lowest BCUT2D eigenvalue weighted by Crippen LogP contribution is -2.22. The number of fused-ring (bicyclic) bond motifs is 1. The minimum Gasteiger partial charge on any atom is -0.494 e. The summed E-state index contributed by atoms with van der Waals surface area (Å²) >= 11 is 2.90. The van der Waals surface area contributed by atoms with Crippen molar-refractivity contribution in [3.05, 3.63) is 52.6 Å². The maximum atomic E-state index is 12.5. The Labute approximate surface area is 157 Å². The van der Waals surface area contributed by atoms with Gasteiger partial charge in [0, 0.05) is 6.07 Å². The highest BCUT2D eigenvalue weighted by molar-refractivity contribution is 8.02. The summed E-state index contributed by atoms with van der Waals surface area (Å²) in [6, 6.07) is 11.9. The molecule has 0 bridgehead atoms. The number of methoxy groups -OCH3 is 1. The number of aromatic nitrogens is 1. The van der Waals surface area contributed by atoms with Crippen molar-refractivity contribution in [2.24, 2.45) is 0 Å². The van der Waals surface area contributed by atoms with Crippen molar-refractivity contribution in [1.29, 1.82) is 0 Å². The molecule has 0 unspecified atom stereocenters. The van der Waals surface area contributed by atoms with E-state index in [4.69, 9.17) is 4.74 Å². The van der Waals surface area contributed by atoms with Crippen LogP contribution in [-0.2, 0) is 4.79 Å². The number of carbonyl (C=O) groups is 1. The first-order valence-electron chi connectivity index (χ1n) is 7.63. The number of carbonyl (C=O) groups excluding carboxylic acids is 1. The number of hydrogen-bond acceptors (Lipinski definition) is 7. The predicted octanol–water partition coefficient (Wildman–Crippen LogP) is 4.33. The van der Waals surface area contributed by atoms with E-state index < -0.39 is 10.2 Å². The Hall–Kier alpha value is -2.65. The molecule has 1 amide bonds.